The number of rotatable bonds is 4. The third-order valence-electron chi connectivity index (χ3n) is 5.63. The number of hydrogen-bond acceptors (Lipinski definition) is 3. The lowest BCUT2D eigenvalue weighted by Crippen LogP contribution is -2.37. The van der Waals surface area contributed by atoms with Crippen LogP contribution in [0.5, 0.6) is 0 Å². The fraction of sp³-hybridized carbons (Fsp3) is 0.588. The Morgan fingerprint density at radius 1 is 1.35 bits per heavy atom. The Morgan fingerprint density at radius 3 is 2.57 bits per heavy atom. The van der Waals surface area contributed by atoms with E-state index in [4.69, 9.17) is 0 Å². The Morgan fingerprint density at radius 2 is 2.00 bits per heavy atom. The predicted octanol–water partition coefficient (Wildman–Crippen LogP) is 2.32. The van der Waals surface area contributed by atoms with Gasteiger partial charge < -0.3 is 5.11 Å². The first kappa shape index (κ1) is 16.5. The highest BCUT2D eigenvalue weighted by atomic mass is 32.2. The summed E-state index contributed by atoms with van der Waals surface area (Å²) >= 11 is 0. The summed E-state index contributed by atoms with van der Waals surface area (Å²) in [6.07, 6.45) is 2.27. The van der Waals surface area contributed by atoms with Crippen LogP contribution in [0, 0.1) is 25.2 Å². The third kappa shape index (κ3) is 2.68. The first-order valence-corrected chi connectivity index (χ1v) is 9.63. The number of aryl methyl sites for hydroxylation is 2. The molecule has 0 bridgehead atoms. The second-order valence-corrected chi connectivity index (χ2v) is 8.94. The number of carboxylic acid groups (broad SMARTS) is 1. The molecule has 1 aliphatic carbocycles. The van der Waals surface area contributed by atoms with Crippen molar-refractivity contribution >= 4 is 16.0 Å². The smallest absolute Gasteiger partial charge is 0.311 e. The van der Waals surface area contributed by atoms with E-state index >= 15 is 0 Å². The maximum Gasteiger partial charge on any atom is 0.311 e. The number of nitrogens with zero attached hydrogens (tertiary/aromatic N) is 1. The maximum atomic E-state index is 12.8. The summed E-state index contributed by atoms with van der Waals surface area (Å²) in [6, 6.07) is 5.74. The molecule has 1 aromatic carbocycles. The molecule has 2 fully saturated rings. The van der Waals surface area contributed by atoms with E-state index in [2.05, 4.69) is 0 Å². The van der Waals surface area contributed by atoms with Gasteiger partial charge in [-0.15, -0.1) is 0 Å². The highest BCUT2D eigenvalue weighted by Crippen LogP contribution is 2.49. The molecule has 5 nitrogen and oxygen atoms in total. The van der Waals surface area contributed by atoms with Crippen molar-refractivity contribution in [1.82, 2.24) is 4.31 Å². The van der Waals surface area contributed by atoms with Gasteiger partial charge in [0.25, 0.3) is 0 Å². The van der Waals surface area contributed by atoms with E-state index in [0.717, 1.165) is 29.5 Å². The van der Waals surface area contributed by atoms with E-state index in [1.807, 2.05) is 32.0 Å². The van der Waals surface area contributed by atoms with Gasteiger partial charge in [0.05, 0.1) is 11.2 Å². The molecule has 3 rings (SSSR count). The molecule has 0 radical (unpaired) electrons. The molecule has 6 heteroatoms. The van der Waals surface area contributed by atoms with Crippen molar-refractivity contribution in [3.63, 3.8) is 0 Å². The minimum absolute atomic E-state index is 0.0477. The van der Waals surface area contributed by atoms with Crippen LogP contribution in [0.3, 0.4) is 0 Å². The van der Waals surface area contributed by atoms with Gasteiger partial charge in [0.2, 0.25) is 10.0 Å². The zero-order valence-electron chi connectivity index (χ0n) is 13.6. The van der Waals surface area contributed by atoms with Gasteiger partial charge in [-0.1, -0.05) is 24.6 Å². The van der Waals surface area contributed by atoms with Crippen molar-refractivity contribution in [2.75, 3.05) is 13.1 Å². The number of carboxylic acids is 1. The molecular weight excluding hydrogens is 314 g/mol. The molecule has 0 spiro atoms. The average Bonchev–Trinajstić information content (AvgIpc) is 3.01. The van der Waals surface area contributed by atoms with E-state index in [9.17, 15) is 18.3 Å². The van der Waals surface area contributed by atoms with E-state index < -0.39 is 21.4 Å². The molecule has 1 heterocycles. The van der Waals surface area contributed by atoms with Crippen LogP contribution in [-0.2, 0) is 20.6 Å². The van der Waals surface area contributed by atoms with Gasteiger partial charge >= 0.3 is 5.97 Å². The van der Waals surface area contributed by atoms with Gasteiger partial charge in [-0.2, -0.15) is 0 Å². The molecule has 2 atom stereocenters. The summed E-state index contributed by atoms with van der Waals surface area (Å²) in [7, 11) is -3.50. The SMILES string of the molecule is Cc1cccc(C)c1CS(=O)(=O)N1C[C@@H]2CCC[C@@]2(C(=O)O)C1. The number of benzene rings is 1. The summed E-state index contributed by atoms with van der Waals surface area (Å²) < 4.78 is 27.1. The van der Waals surface area contributed by atoms with Gasteiger partial charge in [0, 0.05) is 13.1 Å². The van der Waals surface area contributed by atoms with Crippen LogP contribution in [0.15, 0.2) is 18.2 Å². The van der Waals surface area contributed by atoms with Crippen molar-refractivity contribution in [2.45, 2.75) is 38.9 Å². The number of sulfonamides is 1. The van der Waals surface area contributed by atoms with E-state index in [1.165, 1.54) is 4.31 Å². The van der Waals surface area contributed by atoms with Crippen molar-refractivity contribution < 1.29 is 18.3 Å². The molecule has 2 aliphatic rings. The zero-order chi connectivity index (χ0) is 16.8. The Kier molecular flexibility index (Phi) is 4.01. The Bertz CT molecular complexity index is 723. The molecule has 1 aromatic rings. The number of carbonyl (C=O) groups is 1. The first-order valence-electron chi connectivity index (χ1n) is 8.02. The Balaban J connectivity index is 1.86. The fourth-order valence-corrected chi connectivity index (χ4v) is 5.99. The molecule has 1 N–H and O–H groups in total. The lowest BCUT2D eigenvalue weighted by Gasteiger charge is -2.23. The van der Waals surface area contributed by atoms with E-state index in [1.54, 1.807) is 0 Å². The van der Waals surface area contributed by atoms with Crippen LogP contribution >= 0.6 is 0 Å². The number of hydrogen-bond donors (Lipinski definition) is 1. The van der Waals surface area contributed by atoms with Crippen LogP contribution in [0.25, 0.3) is 0 Å². The summed E-state index contributed by atoms with van der Waals surface area (Å²) in [6.45, 7) is 4.30. The summed E-state index contributed by atoms with van der Waals surface area (Å²) in [5.41, 5.74) is 1.88. The Labute approximate surface area is 137 Å². The van der Waals surface area contributed by atoms with Crippen LogP contribution in [0.4, 0.5) is 0 Å². The first-order chi connectivity index (χ1) is 10.8. The number of fused-ring (bicyclic) bond motifs is 1. The lowest BCUT2D eigenvalue weighted by molar-refractivity contribution is -0.149. The topological polar surface area (TPSA) is 74.7 Å². The minimum atomic E-state index is -3.50. The largest absolute Gasteiger partial charge is 0.481 e. The monoisotopic (exact) mass is 337 g/mol. The van der Waals surface area contributed by atoms with Crippen LogP contribution < -0.4 is 0 Å². The highest BCUT2D eigenvalue weighted by molar-refractivity contribution is 7.88. The minimum Gasteiger partial charge on any atom is -0.481 e. The molecule has 23 heavy (non-hydrogen) atoms. The van der Waals surface area contributed by atoms with Crippen LogP contribution in [0.2, 0.25) is 0 Å². The number of aliphatic carboxylic acids is 1. The lowest BCUT2D eigenvalue weighted by atomic mass is 9.81. The average molecular weight is 337 g/mol. The molecule has 0 amide bonds. The standard InChI is InChI=1S/C17H23NO4S/c1-12-5-3-6-13(2)15(12)10-23(21,22)18-9-14-7-4-8-17(14,11-18)16(19)20/h3,5-6,14H,4,7-11H2,1-2H3,(H,19,20)/t14-,17+/m0/s1. The molecule has 0 aromatic heterocycles. The second kappa shape index (κ2) is 5.60. The maximum absolute atomic E-state index is 12.8. The predicted molar refractivity (Wildman–Crippen MR) is 87.5 cm³/mol. The van der Waals surface area contributed by atoms with E-state index in [-0.39, 0.29) is 18.2 Å². The van der Waals surface area contributed by atoms with Crippen molar-refractivity contribution in [3.8, 4) is 0 Å². The van der Waals surface area contributed by atoms with Crippen LogP contribution in [0.1, 0.15) is 36.0 Å². The van der Waals surface area contributed by atoms with Crippen molar-refractivity contribution in [1.29, 1.82) is 0 Å². The molecule has 0 unspecified atom stereocenters. The normalized spacial score (nSPS) is 28.0. The van der Waals surface area contributed by atoms with Crippen molar-refractivity contribution in [2.24, 2.45) is 11.3 Å². The van der Waals surface area contributed by atoms with Gasteiger partial charge in [-0.3, -0.25) is 4.79 Å². The van der Waals surface area contributed by atoms with Gasteiger partial charge in [0.15, 0.2) is 0 Å². The van der Waals surface area contributed by atoms with E-state index in [0.29, 0.717) is 13.0 Å². The van der Waals surface area contributed by atoms with Gasteiger partial charge in [0.1, 0.15) is 0 Å². The third-order valence-corrected chi connectivity index (χ3v) is 7.35. The summed E-state index contributed by atoms with van der Waals surface area (Å²) in [4.78, 5) is 11.7. The summed E-state index contributed by atoms with van der Waals surface area (Å²) in [5.74, 6) is -0.939. The molecule has 1 aliphatic heterocycles. The zero-order valence-corrected chi connectivity index (χ0v) is 14.4. The Hall–Kier alpha value is -1.40. The van der Waals surface area contributed by atoms with Gasteiger partial charge in [-0.05, 0) is 49.3 Å². The molecular formula is C17H23NO4S. The quantitative estimate of drug-likeness (QED) is 0.915. The molecule has 126 valence electrons. The molecule has 1 saturated carbocycles. The molecule has 1 saturated heterocycles. The fourth-order valence-electron chi connectivity index (χ4n) is 4.15. The highest BCUT2D eigenvalue weighted by Gasteiger charge is 2.57. The van der Waals surface area contributed by atoms with Crippen molar-refractivity contribution in [3.05, 3.63) is 34.9 Å². The van der Waals surface area contributed by atoms with Gasteiger partial charge in [-0.25, -0.2) is 12.7 Å². The second-order valence-electron chi connectivity index (χ2n) is 6.97. The van der Waals surface area contributed by atoms with Crippen LogP contribution in [-0.4, -0.2) is 36.9 Å². The summed E-state index contributed by atoms with van der Waals surface area (Å²) in [5, 5.41) is 9.61.